The highest BCUT2D eigenvalue weighted by molar-refractivity contribution is 7.21. The maximum atomic E-state index is 11.8. The maximum absolute atomic E-state index is 11.8. The molecular formula is C22H25N5O2S. The Labute approximate surface area is 179 Å². The Bertz CT molecular complexity index is 1120. The lowest BCUT2D eigenvalue weighted by Gasteiger charge is -2.31. The number of rotatable bonds is 5. The van der Waals surface area contributed by atoms with Crippen LogP contribution in [0.4, 0.5) is 11.5 Å². The number of nitrogen functional groups attached to an aromatic ring is 1. The molecule has 0 spiro atoms. The standard InChI is InChI=1S/C22H25N5O2S/c1-29-16-4-2-3-13(11-16)5-6-14-12-17(27-9-7-15(23)8-10-27)26-22-18(14)19(24)20(30-22)21(25)28/h2-6,11-12,15H,7-10,23-24H2,1H3,(H2,25,28). The van der Waals surface area contributed by atoms with Gasteiger partial charge in [0.15, 0.2) is 0 Å². The van der Waals surface area contributed by atoms with Crippen LogP contribution in [-0.2, 0) is 0 Å². The first-order chi connectivity index (χ1) is 14.5. The number of piperidine rings is 1. The zero-order valence-corrected chi connectivity index (χ0v) is 17.6. The van der Waals surface area contributed by atoms with Crippen LogP contribution in [0.5, 0.6) is 5.75 Å². The summed E-state index contributed by atoms with van der Waals surface area (Å²) >= 11 is 1.24. The summed E-state index contributed by atoms with van der Waals surface area (Å²) in [5.74, 6) is 1.11. The molecule has 30 heavy (non-hydrogen) atoms. The molecular weight excluding hydrogens is 398 g/mol. The van der Waals surface area contributed by atoms with Crippen molar-refractivity contribution in [3.63, 3.8) is 0 Å². The van der Waals surface area contributed by atoms with E-state index in [9.17, 15) is 4.79 Å². The van der Waals surface area contributed by atoms with Crippen LogP contribution in [-0.4, -0.2) is 37.1 Å². The van der Waals surface area contributed by atoms with E-state index in [0.717, 1.165) is 54.0 Å². The first kappa shape index (κ1) is 20.2. The van der Waals surface area contributed by atoms with Gasteiger partial charge in [0.1, 0.15) is 21.3 Å². The van der Waals surface area contributed by atoms with Gasteiger partial charge in [-0.3, -0.25) is 4.79 Å². The molecule has 0 saturated carbocycles. The van der Waals surface area contributed by atoms with Gasteiger partial charge in [0.25, 0.3) is 5.91 Å². The number of benzene rings is 1. The van der Waals surface area contributed by atoms with Crippen molar-refractivity contribution in [3.05, 3.63) is 46.3 Å². The number of hydrogen-bond acceptors (Lipinski definition) is 7. The third-order valence-electron chi connectivity index (χ3n) is 5.35. The molecule has 1 aliphatic heterocycles. The molecule has 4 rings (SSSR count). The van der Waals surface area contributed by atoms with E-state index in [2.05, 4.69) is 4.90 Å². The van der Waals surface area contributed by atoms with Crippen molar-refractivity contribution in [3.8, 4) is 5.75 Å². The minimum Gasteiger partial charge on any atom is -0.497 e. The monoisotopic (exact) mass is 423 g/mol. The van der Waals surface area contributed by atoms with Crippen LogP contribution in [0.2, 0.25) is 0 Å². The molecule has 2 aromatic heterocycles. The summed E-state index contributed by atoms with van der Waals surface area (Å²) < 4.78 is 5.30. The molecule has 0 bridgehead atoms. The van der Waals surface area contributed by atoms with Crippen molar-refractivity contribution >= 4 is 51.1 Å². The molecule has 8 heteroatoms. The molecule has 0 radical (unpaired) electrons. The van der Waals surface area contributed by atoms with Crippen LogP contribution in [0.3, 0.4) is 0 Å². The van der Waals surface area contributed by atoms with Crippen molar-refractivity contribution in [1.29, 1.82) is 0 Å². The summed E-state index contributed by atoms with van der Waals surface area (Å²) in [5, 5.41) is 0.755. The molecule has 7 nitrogen and oxygen atoms in total. The number of thiophene rings is 1. The highest BCUT2D eigenvalue weighted by Crippen LogP contribution is 2.37. The molecule has 0 aliphatic carbocycles. The molecule has 3 aromatic rings. The second-order valence-corrected chi connectivity index (χ2v) is 8.39. The minimum absolute atomic E-state index is 0.233. The Morgan fingerprint density at radius 2 is 2.03 bits per heavy atom. The first-order valence-electron chi connectivity index (χ1n) is 9.81. The number of amides is 1. The summed E-state index contributed by atoms with van der Waals surface area (Å²) in [4.78, 5) is 19.9. The maximum Gasteiger partial charge on any atom is 0.260 e. The van der Waals surface area contributed by atoms with Crippen molar-refractivity contribution in [2.24, 2.45) is 11.5 Å². The smallest absolute Gasteiger partial charge is 0.260 e. The predicted molar refractivity (Wildman–Crippen MR) is 124 cm³/mol. The van der Waals surface area contributed by atoms with Crippen LogP contribution in [0.15, 0.2) is 30.3 Å². The largest absolute Gasteiger partial charge is 0.497 e. The van der Waals surface area contributed by atoms with Gasteiger partial charge in [-0.15, -0.1) is 11.3 Å². The van der Waals surface area contributed by atoms with Crippen molar-refractivity contribution < 1.29 is 9.53 Å². The first-order valence-corrected chi connectivity index (χ1v) is 10.6. The van der Waals surface area contributed by atoms with Gasteiger partial charge in [0, 0.05) is 24.5 Å². The van der Waals surface area contributed by atoms with Crippen LogP contribution in [0.1, 0.15) is 33.6 Å². The Morgan fingerprint density at radius 3 is 2.73 bits per heavy atom. The van der Waals surface area contributed by atoms with Crippen molar-refractivity contribution in [2.75, 3.05) is 30.8 Å². The van der Waals surface area contributed by atoms with Crippen LogP contribution >= 0.6 is 11.3 Å². The molecule has 0 unspecified atom stereocenters. The average Bonchev–Trinajstić information content (AvgIpc) is 3.09. The summed E-state index contributed by atoms with van der Waals surface area (Å²) in [5.41, 5.74) is 20.1. The fraction of sp³-hybridized carbons (Fsp3) is 0.273. The molecule has 3 heterocycles. The highest BCUT2D eigenvalue weighted by atomic mass is 32.1. The number of carbonyl (C=O) groups is 1. The van der Waals surface area contributed by atoms with Gasteiger partial charge in [-0.2, -0.15) is 0 Å². The Hall–Kier alpha value is -3.10. The Kier molecular flexibility index (Phi) is 5.61. The number of methoxy groups -OCH3 is 1. The fourth-order valence-corrected chi connectivity index (χ4v) is 4.65. The molecule has 1 saturated heterocycles. The van der Waals surface area contributed by atoms with Gasteiger partial charge in [0.05, 0.1) is 12.8 Å². The Morgan fingerprint density at radius 1 is 1.27 bits per heavy atom. The van der Waals surface area contributed by atoms with Crippen molar-refractivity contribution in [2.45, 2.75) is 18.9 Å². The number of anilines is 2. The van der Waals surface area contributed by atoms with E-state index < -0.39 is 5.91 Å². The summed E-state index contributed by atoms with van der Waals surface area (Å²) in [6.07, 6.45) is 5.84. The van der Waals surface area contributed by atoms with Crippen LogP contribution < -0.4 is 26.8 Å². The fourth-order valence-electron chi connectivity index (χ4n) is 3.67. The zero-order valence-electron chi connectivity index (χ0n) is 16.8. The van der Waals surface area contributed by atoms with E-state index in [1.54, 1.807) is 7.11 Å². The number of ether oxygens (including phenoxy) is 1. The number of fused-ring (bicyclic) bond motifs is 1. The number of carbonyl (C=O) groups excluding carboxylic acids is 1. The van der Waals surface area contributed by atoms with Crippen LogP contribution in [0, 0.1) is 0 Å². The summed E-state index contributed by atoms with van der Waals surface area (Å²) in [6.45, 7) is 1.70. The number of nitrogens with two attached hydrogens (primary N) is 3. The third kappa shape index (κ3) is 3.96. The topological polar surface area (TPSA) is 120 Å². The van der Waals surface area contributed by atoms with Gasteiger partial charge in [-0.25, -0.2) is 4.98 Å². The molecule has 6 N–H and O–H groups in total. The van der Waals surface area contributed by atoms with E-state index in [0.29, 0.717) is 15.4 Å². The van der Waals surface area contributed by atoms with Gasteiger partial charge < -0.3 is 26.8 Å². The molecule has 0 atom stereocenters. The minimum atomic E-state index is -0.538. The number of nitrogens with zero attached hydrogens (tertiary/aromatic N) is 2. The molecule has 1 aliphatic rings. The quantitative estimate of drug-likeness (QED) is 0.580. The van der Waals surface area contributed by atoms with E-state index in [1.165, 1.54) is 11.3 Å². The molecule has 1 fully saturated rings. The van der Waals surface area contributed by atoms with E-state index in [1.807, 2.05) is 42.5 Å². The Balaban J connectivity index is 1.80. The molecule has 156 valence electrons. The highest BCUT2D eigenvalue weighted by Gasteiger charge is 2.22. The third-order valence-corrected chi connectivity index (χ3v) is 6.47. The summed E-state index contributed by atoms with van der Waals surface area (Å²) in [6, 6.07) is 10.0. The SMILES string of the molecule is COc1cccc(C=Cc2cc(N3CCC(N)CC3)nc3sc(C(N)=O)c(N)c23)c1. The number of pyridine rings is 1. The lowest BCUT2D eigenvalue weighted by molar-refractivity contribution is 0.100. The van der Waals surface area contributed by atoms with E-state index in [-0.39, 0.29) is 6.04 Å². The van der Waals surface area contributed by atoms with Crippen molar-refractivity contribution in [1.82, 2.24) is 4.98 Å². The van der Waals surface area contributed by atoms with Gasteiger partial charge in [-0.05, 0) is 42.2 Å². The summed E-state index contributed by atoms with van der Waals surface area (Å²) in [7, 11) is 1.64. The molecule has 1 aromatic carbocycles. The van der Waals surface area contributed by atoms with Crippen LogP contribution in [0.25, 0.3) is 22.4 Å². The lowest BCUT2D eigenvalue weighted by atomic mass is 10.0. The lowest BCUT2D eigenvalue weighted by Crippen LogP contribution is -2.40. The normalized spacial score (nSPS) is 15.2. The van der Waals surface area contributed by atoms with E-state index in [4.69, 9.17) is 26.9 Å². The van der Waals surface area contributed by atoms with Gasteiger partial charge in [-0.1, -0.05) is 24.3 Å². The predicted octanol–water partition coefficient (Wildman–Crippen LogP) is 3.08. The number of aromatic nitrogens is 1. The molecule has 1 amide bonds. The van der Waals surface area contributed by atoms with Gasteiger partial charge >= 0.3 is 0 Å². The zero-order chi connectivity index (χ0) is 21.3. The second-order valence-electron chi connectivity index (χ2n) is 7.39. The average molecular weight is 424 g/mol. The number of primary amides is 1. The second kappa shape index (κ2) is 8.33. The number of hydrogen-bond donors (Lipinski definition) is 3. The van der Waals surface area contributed by atoms with E-state index >= 15 is 0 Å². The van der Waals surface area contributed by atoms with Gasteiger partial charge in [0.2, 0.25) is 0 Å².